The van der Waals surface area contributed by atoms with Crippen LogP contribution in [0.4, 0.5) is 0 Å². The number of rotatable bonds is 2. The molecule has 0 aliphatic carbocycles. The molecule has 0 bridgehead atoms. The Balaban J connectivity index is 2.47. The molecule has 1 rings (SSSR count). The van der Waals surface area contributed by atoms with Gasteiger partial charge in [0, 0.05) is 10.5 Å². The third kappa shape index (κ3) is 2.81. The van der Waals surface area contributed by atoms with E-state index in [0.29, 0.717) is 10.5 Å². The van der Waals surface area contributed by atoms with Crippen molar-refractivity contribution < 1.29 is 9.09 Å². The van der Waals surface area contributed by atoms with Crippen LogP contribution in [0.25, 0.3) is 0 Å². The van der Waals surface area contributed by atoms with Crippen molar-refractivity contribution in [1.29, 1.82) is 0 Å². The normalized spacial score (nSPS) is 39.2. The van der Waals surface area contributed by atoms with E-state index < -0.39 is 7.23 Å². The Labute approximate surface area is 80.6 Å². The molecule has 0 spiro atoms. The molecule has 0 aromatic rings. The Kier molecular flexibility index (Phi) is 4.05. The van der Waals surface area contributed by atoms with E-state index in [4.69, 9.17) is 4.52 Å². The predicted octanol–water partition coefficient (Wildman–Crippen LogP) is 3.13. The zero-order valence-corrected chi connectivity index (χ0v) is 9.68. The van der Waals surface area contributed by atoms with Gasteiger partial charge in [0.05, 0.1) is 0 Å². The smallest absolute Gasteiger partial charge is 0.131 e. The molecule has 0 aromatic heterocycles. The van der Waals surface area contributed by atoms with Crippen LogP contribution in [0.2, 0.25) is 0 Å². The minimum absolute atomic E-state index is 0.0890. The van der Waals surface area contributed by atoms with Crippen LogP contribution < -0.4 is 0 Å². The van der Waals surface area contributed by atoms with Crippen molar-refractivity contribution in [3.8, 4) is 0 Å². The highest BCUT2D eigenvalue weighted by atomic mass is 33.1. The van der Waals surface area contributed by atoms with Crippen molar-refractivity contribution in [2.24, 2.45) is 0 Å². The van der Waals surface area contributed by atoms with E-state index in [1.807, 2.05) is 0 Å². The average Bonchev–Trinajstić information content (AvgIpc) is 2.18. The third-order valence-corrected chi connectivity index (χ3v) is 5.61. The van der Waals surface area contributed by atoms with E-state index in [1.165, 1.54) is 0 Å². The van der Waals surface area contributed by atoms with Crippen LogP contribution in [0.3, 0.4) is 0 Å². The molecular formula is C5H10O2PS3+. The molecule has 0 aromatic carbocycles. The van der Waals surface area contributed by atoms with Crippen molar-refractivity contribution in [2.75, 3.05) is 0 Å². The first-order valence-electron chi connectivity index (χ1n) is 3.26. The van der Waals surface area contributed by atoms with E-state index in [1.54, 1.807) is 21.6 Å². The molecule has 0 saturated carbocycles. The van der Waals surface area contributed by atoms with Gasteiger partial charge in [-0.3, -0.25) is 0 Å². The van der Waals surface area contributed by atoms with Crippen LogP contribution in [0, 0.1) is 0 Å². The Morgan fingerprint density at radius 3 is 2.18 bits per heavy atom. The first-order chi connectivity index (χ1) is 5.11. The molecule has 64 valence electrons. The molecule has 1 aliphatic heterocycles. The lowest BCUT2D eigenvalue weighted by atomic mass is 10.2. The first kappa shape index (κ1) is 10.2. The topological polar surface area (TPSA) is 26.3 Å². The largest absolute Gasteiger partial charge is 0.582 e. The summed E-state index contributed by atoms with van der Waals surface area (Å²) in [7, 11) is 1.82. The number of hydrogen-bond donors (Lipinski definition) is 1. The van der Waals surface area contributed by atoms with E-state index in [9.17, 15) is 4.57 Å². The van der Waals surface area contributed by atoms with Gasteiger partial charge in [0.1, 0.15) is 18.4 Å². The maximum atomic E-state index is 10.7. The quantitative estimate of drug-likeness (QED) is 0.447. The van der Waals surface area contributed by atoms with Gasteiger partial charge in [-0.1, -0.05) is 21.6 Å². The Morgan fingerprint density at radius 2 is 1.82 bits per heavy atom. The highest BCUT2D eigenvalue weighted by molar-refractivity contribution is 8.77. The van der Waals surface area contributed by atoms with Crippen LogP contribution in [0.15, 0.2) is 0 Å². The van der Waals surface area contributed by atoms with Gasteiger partial charge in [-0.05, 0) is 18.4 Å². The van der Waals surface area contributed by atoms with Crippen molar-refractivity contribution in [1.82, 2.24) is 0 Å². The molecule has 4 atom stereocenters. The summed E-state index contributed by atoms with van der Waals surface area (Å²) in [6.07, 6.45) is 0.0890. The summed E-state index contributed by atoms with van der Waals surface area (Å²) in [4.78, 5) is 0. The lowest BCUT2D eigenvalue weighted by molar-refractivity contribution is 0.227. The first-order valence-corrected chi connectivity index (χ1v) is 7.87. The summed E-state index contributed by atoms with van der Waals surface area (Å²) in [6, 6.07) is 0. The van der Waals surface area contributed by atoms with E-state index in [2.05, 4.69) is 26.1 Å². The fourth-order valence-electron chi connectivity index (χ4n) is 0.942. The molecule has 0 amide bonds. The predicted molar refractivity (Wildman–Crippen MR) is 55.6 cm³/mol. The second-order valence-electron chi connectivity index (χ2n) is 2.41. The zero-order chi connectivity index (χ0) is 8.43. The monoisotopic (exact) mass is 229 g/mol. The summed E-state index contributed by atoms with van der Waals surface area (Å²) in [5, 5.41) is 0.835. The zero-order valence-electron chi connectivity index (χ0n) is 6.26. The van der Waals surface area contributed by atoms with Gasteiger partial charge in [-0.15, -0.1) is 4.52 Å². The summed E-state index contributed by atoms with van der Waals surface area (Å²) in [5.74, 6) is 0. The fraction of sp³-hybridized carbons (Fsp3) is 1.00. The lowest BCUT2D eigenvalue weighted by Crippen LogP contribution is -2.24. The maximum absolute atomic E-state index is 10.7. The Morgan fingerprint density at radius 1 is 1.36 bits per heavy atom. The number of thiol groups is 1. The van der Waals surface area contributed by atoms with Crippen molar-refractivity contribution in [2.45, 2.75) is 30.5 Å². The van der Waals surface area contributed by atoms with Crippen LogP contribution in [-0.2, 0) is 9.09 Å². The van der Waals surface area contributed by atoms with Crippen LogP contribution in [0.1, 0.15) is 13.8 Å². The van der Waals surface area contributed by atoms with Crippen molar-refractivity contribution >= 4 is 41.1 Å². The third-order valence-electron chi connectivity index (χ3n) is 1.50. The van der Waals surface area contributed by atoms with E-state index in [-0.39, 0.29) is 6.10 Å². The second kappa shape index (κ2) is 4.38. The van der Waals surface area contributed by atoms with Crippen LogP contribution in [0.5, 0.6) is 0 Å². The SMILES string of the molecule is C[C@@H]1SS[C@H](C)C1O[P+](=O)S. The average molecular weight is 229 g/mol. The van der Waals surface area contributed by atoms with Gasteiger partial charge in [0.25, 0.3) is 0 Å². The van der Waals surface area contributed by atoms with Gasteiger partial charge < -0.3 is 0 Å². The molecule has 6 heteroatoms. The molecule has 0 radical (unpaired) electrons. The molecule has 1 fully saturated rings. The van der Waals surface area contributed by atoms with E-state index >= 15 is 0 Å². The molecule has 2 nitrogen and oxygen atoms in total. The minimum Gasteiger partial charge on any atom is -0.131 e. The highest BCUT2D eigenvalue weighted by Gasteiger charge is 2.38. The van der Waals surface area contributed by atoms with Crippen molar-refractivity contribution in [3.63, 3.8) is 0 Å². The lowest BCUT2D eigenvalue weighted by Gasteiger charge is -2.08. The van der Waals surface area contributed by atoms with Gasteiger partial charge in [-0.25, -0.2) is 0 Å². The molecule has 11 heavy (non-hydrogen) atoms. The molecule has 1 aliphatic rings. The maximum Gasteiger partial charge on any atom is 0.582 e. The van der Waals surface area contributed by atoms with Crippen molar-refractivity contribution in [3.05, 3.63) is 0 Å². The molecule has 2 unspecified atom stereocenters. The van der Waals surface area contributed by atoms with Gasteiger partial charge in [-0.2, -0.15) is 0 Å². The second-order valence-corrected chi connectivity index (χ2v) is 7.10. The number of hydrogen-bond acceptors (Lipinski definition) is 4. The summed E-state index contributed by atoms with van der Waals surface area (Å²) in [6.45, 7) is 4.16. The highest BCUT2D eigenvalue weighted by Crippen LogP contribution is 2.48. The Bertz CT molecular complexity index is 156. The van der Waals surface area contributed by atoms with E-state index in [0.717, 1.165) is 0 Å². The van der Waals surface area contributed by atoms with Crippen LogP contribution in [-0.4, -0.2) is 16.6 Å². The Hall–Kier alpha value is 1.11. The minimum atomic E-state index is -1.75. The summed E-state index contributed by atoms with van der Waals surface area (Å²) < 4.78 is 15.8. The molecular weight excluding hydrogens is 219 g/mol. The fourth-order valence-corrected chi connectivity index (χ4v) is 4.97. The van der Waals surface area contributed by atoms with Gasteiger partial charge in [0.2, 0.25) is 0 Å². The molecule has 0 N–H and O–H groups in total. The van der Waals surface area contributed by atoms with Gasteiger partial charge >= 0.3 is 7.23 Å². The van der Waals surface area contributed by atoms with Crippen LogP contribution >= 0.6 is 41.1 Å². The summed E-state index contributed by atoms with van der Waals surface area (Å²) in [5.41, 5.74) is 0. The molecule has 1 heterocycles. The van der Waals surface area contributed by atoms with Gasteiger partial charge in [0.15, 0.2) is 0 Å². The summed E-state index contributed by atoms with van der Waals surface area (Å²) >= 11 is 3.72. The molecule has 1 saturated heterocycles. The standard InChI is InChI=1S/C5H9O2PS3/c1-3-5(7-8(6)9)4(2)11-10-3/h3-5H,1-2H3/p+1/t3-,4+,5?.